The molecule has 6 nitrogen and oxygen atoms in total. The summed E-state index contributed by atoms with van der Waals surface area (Å²) in [5, 5.41) is 12.0. The fourth-order valence-corrected chi connectivity index (χ4v) is 2.74. The summed E-state index contributed by atoms with van der Waals surface area (Å²) in [4.78, 5) is 16.2. The molecule has 2 atom stereocenters. The van der Waals surface area contributed by atoms with Crippen LogP contribution in [0.1, 0.15) is 23.5 Å². The van der Waals surface area contributed by atoms with E-state index in [1.807, 2.05) is 24.3 Å². The van der Waals surface area contributed by atoms with Gasteiger partial charge in [-0.25, -0.2) is 4.98 Å². The summed E-state index contributed by atoms with van der Waals surface area (Å²) in [6, 6.07) is 13.2. The molecule has 25 heavy (non-hydrogen) atoms. The number of pyridine rings is 1. The van der Waals surface area contributed by atoms with Crippen LogP contribution >= 0.6 is 0 Å². The number of hydrogen-bond acceptors (Lipinski definition) is 6. The summed E-state index contributed by atoms with van der Waals surface area (Å²) in [5.41, 5.74) is 1.60. The van der Waals surface area contributed by atoms with Gasteiger partial charge in [0.25, 0.3) is 0 Å². The molecule has 128 valence electrons. The summed E-state index contributed by atoms with van der Waals surface area (Å²) >= 11 is 0. The van der Waals surface area contributed by atoms with E-state index in [2.05, 4.69) is 16.4 Å². The first-order chi connectivity index (χ1) is 12.2. The third-order valence-corrected chi connectivity index (χ3v) is 4.20. The van der Waals surface area contributed by atoms with Gasteiger partial charge in [0, 0.05) is 6.20 Å². The molecule has 3 rings (SSSR count). The van der Waals surface area contributed by atoms with Gasteiger partial charge in [-0.2, -0.15) is 5.26 Å². The Kier molecular flexibility index (Phi) is 5.14. The van der Waals surface area contributed by atoms with Crippen LogP contribution < -0.4 is 10.1 Å². The van der Waals surface area contributed by atoms with Crippen LogP contribution in [0.4, 0.5) is 5.82 Å². The fraction of sp³-hybridized carbons (Fsp3) is 0.316. The molecule has 2 unspecified atom stereocenters. The molecule has 1 fully saturated rings. The quantitative estimate of drug-likeness (QED) is 0.618. The molecule has 1 aliphatic carbocycles. The lowest BCUT2D eigenvalue weighted by Gasteiger charge is -2.08. The summed E-state index contributed by atoms with van der Waals surface area (Å²) < 4.78 is 10.5. The van der Waals surface area contributed by atoms with Crippen molar-refractivity contribution in [3.05, 3.63) is 53.7 Å². The molecule has 0 spiro atoms. The lowest BCUT2D eigenvalue weighted by molar-refractivity contribution is -0.144. The number of carbonyl (C=O) groups is 1. The molecular weight excluding hydrogens is 318 g/mol. The number of hydrogen-bond donors (Lipinski definition) is 1. The maximum atomic E-state index is 12.1. The second kappa shape index (κ2) is 7.67. The molecule has 1 aromatic carbocycles. The van der Waals surface area contributed by atoms with Crippen LogP contribution in [0.5, 0.6) is 5.75 Å². The lowest BCUT2D eigenvalue weighted by atomic mass is 10.1. The van der Waals surface area contributed by atoms with E-state index in [-0.39, 0.29) is 24.4 Å². The van der Waals surface area contributed by atoms with Crippen molar-refractivity contribution in [1.82, 2.24) is 4.98 Å². The molecule has 0 amide bonds. The number of esters is 1. The van der Waals surface area contributed by atoms with Crippen LogP contribution in [0, 0.1) is 17.2 Å². The number of nitriles is 1. The van der Waals surface area contributed by atoms with Crippen molar-refractivity contribution in [1.29, 1.82) is 5.26 Å². The second-order valence-corrected chi connectivity index (χ2v) is 5.83. The Morgan fingerprint density at radius 1 is 1.36 bits per heavy atom. The van der Waals surface area contributed by atoms with Crippen LogP contribution in [0.15, 0.2) is 42.6 Å². The van der Waals surface area contributed by atoms with Crippen molar-refractivity contribution in [3.8, 4) is 11.8 Å². The zero-order valence-electron chi connectivity index (χ0n) is 13.9. The molecule has 2 aromatic rings. The Labute approximate surface area is 146 Å². The zero-order valence-corrected chi connectivity index (χ0v) is 13.9. The largest absolute Gasteiger partial charge is 0.497 e. The number of ether oxygens (including phenoxy) is 2. The highest BCUT2D eigenvalue weighted by Crippen LogP contribution is 2.48. The Balaban J connectivity index is 1.42. The predicted octanol–water partition coefficient (Wildman–Crippen LogP) is 2.72. The highest BCUT2D eigenvalue weighted by atomic mass is 16.5. The van der Waals surface area contributed by atoms with Crippen LogP contribution in [0.3, 0.4) is 0 Å². The number of rotatable bonds is 7. The van der Waals surface area contributed by atoms with Crippen LogP contribution in [0.25, 0.3) is 0 Å². The standard InChI is InChI=1S/C19H19N3O3/c1-24-15-6-4-13(5-7-15)16-11-17(16)19(23)25-10-9-22-18-14(12-20)3-2-8-21-18/h2-8,16-17H,9-11H2,1H3,(H,21,22). The van der Waals surface area contributed by atoms with Crippen molar-refractivity contribution in [3.63, 3.8) is 0 Å². The Hall–Kier alpha value is -3.07. The summed E-state index contributed by atoms with van der Waals surface area (Å²) in [5.74, 6) is 1.29. The van der Waals surface area contributed by atoms with E-state index < -0.39 is 0 Å². The first kappa shape index (κ1) is 16.8. The van der Waals surface area contributed by atoms with Crippen LogP contribution in [-0.2, 0) is 9.53 Å². The van der Waals surface area contributed by atoms with Gasteiger partial charge >= 0.3 is 5.97 Å². The van der Waals surface area contributed by atoms with Crippen LogP contribution in [0.2, 0.25) is 0 Å². The second-order valence-electron chi connectivity index (χ2n) is 5.83. The van der Waals surface area contributed by atoms with Crippen molar-refractivity contribution in [2.45, 2.75) is 12.3 Å². The smallest absolute Gasteiger partial charge is 0.309 e. The highest BCUT2D eigenvalue weighted by Gasteiger charge is 2.45. The number of nitrogens with zero attached hydrogens (tertiary/aromatic N) is 2. The molecule has 0 bridgehead atoms. The summed E-state index contributed by atoms with van der Waals surface area (Å²) in [6.45, 7) is 0.656. The molecule has 1 aliphatic rings. The lowest BCUT2D eigenvalue weighted by Crippen LogP contribution is -2.16. The van der Waals surface area contributed by atoms with E-state index >= 15 is 0 Å². The molecule has 1 saturated carbocycles. The van der Waals surface area contributed by atoms with Gasteiger partial charge in [0.2, 0.25) is 0 Å². The zero-order chi connectivity index (χ0) is 17.6. The fourth-order valence-electron chi connectivity index (χ4n) is 2.74. The van der Waals surface area contributed by atoms with Crippen LogP contribution in [-0.4, -0.2) is 31.2 Å². The van der Waals surface area contributed by atoms with Crippen molar-refractivity contribution >= 4 is 11.8 Å². The van der Waals surface area contributed by atoms with E-state index in [0.717, 1.165) is 17.7 Å². The highest BCUT2D eigenvalue weighted by molar-refractivity contribution is 5.77. The van der Waals surface area contributed by atoms with E-state index in [1.54, 1.807) is 25.4 Å². The molecule has 0 saturated heterocycles. The van der Waals surface area contributed by atoms with Gasteiger partial charge in [0.05, 0.1) is 25.1 Å². The van der Waals surface area contributed by atoms with E-state index in [0.29, 0.717) is 17.9 Å². The molecule has 0 radical (unpaired) electrons. The number of anilines is 1. The van der Waals surface area contributed by atoms with Gasteiger partial charge < -0.3 is 14.8 Å². The topological polar surface area (TPSA) is 84.2 Å². The number of carbonyl (C=O) groups excluding carboxylic acids is 1. The average molecular weight is 337 g/mol. The monoisotopic (exact) mass is 337 g/mol. The van der Waals surface area contributed by atoms with Crippen molar-refractivity contribution in [2.75, 3.05) is 25.6 Å². The van der Waals surface area contributed by atoms with E-state index in [4.69, 9.17) is 14.7 Å². The molecular formula is C19H19N3O3. The molecule has 1 N–H and O–H groups in total. The minimum absolute atomic E-state index is 0.0714. The Morgan fingerprint density at radius 3 is 2.88 bits per heavy atom. The van der Waals surface area contributed by atoms with Gasteiger partial charge in [0.15, 0.2) is 0 Å². The van der Waals surface area contributed by atoms with Gasteiger partial charge in [-0.15, -0.1) is 0 Å². The maximum Gasteiger partial charge on any atom is 0.309 e. The number of aromatic nitrogens is 1. The van der Waals surface area contributed by atoms with Crippen molar-refractivity contribution < 1.29 is 14.3 Å². The predicted molar refractivity (Wildman–Crippen MR) is 92.2 cm³/mol. The third kappa shape index (κ3) is 4.07. The number of benzene rings is 1. The minimum Gasteiger partial charge on any atom is -0.497 e. The number of methoxy groups -OCH3 is 1. The maximum absolute atomic E-state index is 12.1. The van der Waals surface area contributed by atoms with Gasteiger partial charge in [-0.05, 0) is 42.2 Å². The molecule has 0 aliphatic heterocycles. The van der Waals surface area contributed by atoms with Crippen molar-refractivity contribution in [2.24, 2.45) is 5.92 Å². The number of nitrogens with one attached hydrogen (secondary N) is 1. The summed E-state index contributed by atoms with van der Waals surface area (Å²) in [7, 11) is 1.63. The first-order valence-electron chi connectivity index (χ1n) is 8.12. The van der Waals surface area contributed by atoms with E-state index in [1.165, 1.54) is 0 Å². The van der Waals surface area contributed by atoms with E-state index in [9.17, 15) is 4.79 Å². The summed E-state index contributed by atoms with van der Waals surface area (Å²) in [6.07, 6.45) is 2.43. The first-order valence-corrected chi connectivity index (χ1v) is 8.12. The minimum atomic E-state index is -0.177. The Bertz CT molecular complexity index is 783. The SMILES string of the molecule is COc1ccc(C2CC2C(=O)OCCNc2ncccc2C#N)cc1. The van der Waals surface area contributed by atoms with Gasteiger partial charge in [-0.1, -0.05) is 12.1 Å². The average Bonchev–Trinajstić information content (AvgIpc) is 3.46. The molecule has 1 aromatic heterocycles. The van der Waals surface area contributed by atoms with Gasteiger partial charge in [-0.3, -0.25) is 4.79 Å². The third-order valence-electron chi connectivity index (χ3n) is 4.20. The molecule has 6 heteroatoms. The normalized spacial score (nSPS) is 18.1. The van der Waals surface area contributed by atoms with Gasteiger partial charge in [0.1, 0.15) is 24.2 Å². The Morgan fingerprint density at radius 2 is 2.16 bits per heavy atom. The molecule has 1 heterocycles.